The lowest BCUT2D eigenvalue weighted by molar-refractivity contribution is 0.0944. The van der Waals surface area contributed by atoms with Crippen LogP contribution in [0.15, 0.2) is 18.2 Å². The molecule has 1 heterocycles. The summed E-state index contributed by atoms with van der Waals surface area (Å²) in [6.45, 7) is 3.84. The van der Waals surface area contributed by atoms with Gasteiger partial charge in [-0.05, 0) is 31.0 Å². The highest BCUT2D eigenvalue weighted by Gasteiger charge is 2.17. The van der Waals surface area contributed by atoms with Crippen LogP contribution in [0.25, 0.3) is 0 Å². The Morgan fingerprint density at radius 1 is 1.55 bits per heavy atom. The summed E-state index contributed by atoms with van der Waals surface area (Å²) < 4.78 is 5.29. The Morgan fingerprint density at radius 2 is 2.40 bits per heavy atom. The zero-order chi connectivity index (χ0) is 14.4. The smallest absolute Gasteiger partial charge is 0.251 e. The molecule has 1 amide bonds. The molecule has 4 heteroatoms. The summed E-state index contributed by atoms with van der Waals surface area (Å²) >= 11 is 0. The lowest BCUT2D eigenvalue weighted by Gasteiger charge is -2.11. The number of ether oxygens (including phenoxy) is 1. The fraction of sp³-hybridized carbons (Fsp3) is 0.438. The second-order valence-corrected chi connectivity index (χ2v) is 4.88. The monoisotopic (exact) mass is 273 g/mol. The summed E-state index contributed by atoms with van der Waals surface area (Å²) in [5.74, 6) is 5.79. The maximum atomic E-state index is 12.2. The molecule has 20 heavy (non-hydrogen) atoms. The largest absolute Gasteiger partial charge is 0.384 e. The molecular formula is C16H19NO3. The van der Waals surface area contributed by atoms with Crippen molar-refractivity contribution < 1.29 is 14.6 Å². The molecule has 1 unspecified atom stereocenters. The fourth-order valence-corrected chi connectivity index (χ4v) is 2.23. The Morgan fingerprint density at radius 3 is 3.10 bits per heavy atom. The zero-order valence-corrected chi connectivity index (χ0v) is 11.6. The predicted octanol–water partition coefficient (Wildman–Crippen LogP) is 1.11. The van der Waals surface area contributed by atoms with Gasteiger partial charge < -0.3 is 15.2 Å². The van der Waals surface area contributed by atoms with Crippen molar-refractivity contribution in [3.8, 4) is 11.8 Å². The van der Waals surface area contributed by atoms with Crippen LogP contribution in [-0.4, -0.2) is 37.4 Å². The Labute approximate surface area is 119 Å². The molecule has 1 aliphatic heterocycles. The summed E-state index contributed by atoms with van der Waals surface area (Å²) in [5, 5.41) is 11.7. The second kappa shape index (κ2) is 7.09. The maximum absolute atomic E-state index is 12.2. The topological polar surface area (TPSA) is 58.6 Å². The predicted molar refractivity (Wildman–Crippen MR) is 76.4 cm³/mol. The Hall–Kier alpha value is -1.83. The van der Waals surface area contributed by atoms with E-state index in [-0.39, 0.29) is 12.5 Å². The SMILES string of the molecule is Cc1c(C#CCO)cccc1C(=O)NCC1CCOC1. The standard InChI is InChI=1S/C16H19NO3/c1-12-14(5-3-8-18)4-2-6-15(12)16(19)17-10-13-7-9-20-11-13/h2,4,6,13,18H,7-11H2,1H3,(H,17,19). The number of nitrogens with one attached hydrogen (secondary N) is 1. The first kappa shape index (κ1) is 14.6. The minimum absolute atomic E-state index is 0.0814. The molecule has 2 rings (SSSR count). The molecule has 1 aliphatic rings. The average molecular weight is 273 g/mol. The van der Waals surface area contributed by atoms with E-state index in [4.69, 9.17) is 9.84 Å². The van der Waals surface area contributed by atoms with Crippen molar-refractivity contribution in [3.05, 3.63) is 34.9 Å². The van der Waals surface area contributed by atoms with E-state index in [1.807, 2.05) is 19.1 Å². The van der Waals surface area contributed by atoms with E-state index in [1.165, 1.54) is 0 Å². The van der Waals surface area contributed by atoms with Crippen LogP contribution >= 0.6 is 0 Å². The zero-order valence-electron chi connectivity index (χ0n) is 11.6. The highest BCUT2D eigenvalue weighted by molar-refractivity contribution is 5.96. The highest BCUT2D eigenvalue weighted by atomic mass is 16.5. The molecular weight excluding hydrogens is 254 g/mol. The molecule has 106 valence electrons. The number of benzene rings is 1. The minimum Gasteiger partial charge on any atom is -0.384 e. The van der Waals surface area contributed by atoms with Crippen molar-refractivity contribution in [1.82, 2.24) is 5.32 Å². The Kier molecular flexibility index (Phi) is 5.16. The first-order valence-corrected chi connectivity index (χ1v) is 6.77. The molecule has 1 atom stereocenters. The number of amides is 1. The minimum atomic E-state index is -0.183. The quantitative estimate of drug-likeness (QED) is 0.811. The number of hydrogen-bond donors (Lipinski definition) is 2. The van der Waals surface area contributed by atoms with Gasteiger partial charge in [0.25, 0.3) is 5.91 Å². The molecule has 1 aromatic rings. The molecule has 0 radical (unpaired) electrons. The van der Waals surface area contributed by atoms with E-state index in [0.29, 0.717) is 18.0 Å². The fourth-order valence-electron chi connectivity index (χ4n) is 2.23. The van der Waals surface area contributed by atoms with Gasteiger partial charge in [-0.15, -0.1) is 0 Å². The third kappa shape index (κ3) is 3.60. The van der Waals surface area contributed by atoms with Crippen molar-refractivity contribution in [2.45, 2.75) is 13.3 Å². The van der Waals surface area contributed by atoms with Crippen LogP contribution in [0.3, 0.4) is 0 Å². The highest BCUT2D eigenvalue weighted by Crippen LogP contribution is 2.14. The van der Waals surface area contributed by atoms with E-state index >= 15 is 0 Å². The van der Waals surface area contributed by atoms with Crippen molar-refractivity contribution in [1.29, 1.82) is 0 Å². The van der Waals surface area contributed by atoms with E-state index in [0.717, 1.165) is 30.8 Å². The number of aliphatic hydroxyl groups is 1. The summed E-state index contributed by atoms with van der Waals surface area (Å²) in [5.41, 5.74) is 2.25. The molecule has 2 N–H and O–H groups in total. The van der Waals surface area contributed by atoms with Crippen LogP contribution in [0, 0.1) is 24.7 Å². The third-order valence-corrected chi connectivity index (χ3v) is 3.46. The van der Waals surface area contributed by atoms with Gasteiger partial charge >= 0.3 is 0 Å². The van der Waals surface area contributed by atoms with Crippen molar-refractivity contribution in [2.75, 3.05) is 26.4 Å². The van der Waals surface area contributed by atoms with Gasteiger partial charge in [-0.2, -0.15) is 0 Å². The normalized spacial score (nSPS) is 17.4. The van der Waals surface area contributed by atoms with Gasteiger partial charge in [0.15, 0.2) is 0 Å². The van der Waals surface area contributed by atoms with Gasteiger partial charge in [0.2, 0.25) is 0 Å². The van der Waals surface area contributed by atoms with Gasteiger partial charge in [-0.25, -0.2) is 0 Å². The molecule has 0 aromatic heterocycles. The molecule has 0 aliphatic carbocycles. The number of carbonyl (C=O) groups is 1. The second-order valence-electron chi connectivity index (χ2n) is 4.88. The average Bonchev–Trinajstić information content (AvgIpc) is 2.97. The van der Waals surface area contributed by atoms with Crippen LogP contribution in [0.2, 0.25) is 0 Å². The van der Waals surface area contributed by atoms with Gasteiger partial charge in [0, 0.05) is 30.2 Å². The molecule has 1 saturated heterocycles. The first-order valence-electron chi connectivity index (χ1n) is 6.77. The van der Waals surface area contributed by atoms with Crippen molar-refractivity contribution >= 4 is 5.91 Å². The van der Waals surface area contributed by atoms with E-state index in [1.54, 1.807) is 6.07 Å². The van der Waals surface area contributed by atoms with Crippen molar-refractivity contribution in [2.24, 2.45) is 5.92 Å². The van der Waals surface area contributed by atoms with Crippen LogP contribution < -0.4 is 5.32 Å². The first-order chi connectivity index (χ1) is 9.72. The van der Waals surface area contributed by atoms with Crippen LogP contribution in [0.1, 0.15) is 27.9 Å². The van der Waals surface area contributed by atoms with E-state index in [9.17, 15) is 4.79 Å². The lowest BCUT2D eigenvalue weighted by atomic mass is 10.0. The number of rotatable bonds is 3. The number of hydrogen-bond acceptors (Lipinski definition) is 3. The van der Waals surface area contributed by atoms with E-state index in [2.05, 4.69) is 17.2 Å². The molecule has 1 fully saturated rings. The van der Waals surface area contributed by atoms with Crippen LogP contribution in [0.4, 0.5) is 0 Å². The van der Waals surface area contributed by atoms with Gasteiger partial charge in [0.1, 0.15) is 6.61 Å². The van der Waals surface area contributed by atoms with Gasteiger partial charge in [-0.1, -0.05) is 17.9 Å². The summed E-state index contributed by atoms with van der Waals surface area (Å²) in [4.78, 5) is 12.2. The van der Waals surface area contributed by atoms with Gasteiger partial charge in [0.05, 0.1) is 6.61 Å². The summed E-state index contributed by atoms with van der Waals surface area (Å²) in [6, 6.07) is 5.45. The number of aliphatic hydroxyl groups excluding tert-OH is 1. The maximum Gasteiger partial charge on any atom is 0.251 e. The van der Waals surface area contributed by atoms with Gasteiger partial charge in [-0.3, -0.25) is 4.79 Å². The third-order valence-electron chi connectivity index (χ3n) is 3.46. The van der Waals surface area contributed by atoms with Crippen LogP contribution in [0.5, 0.6) is 0 Å². The molecule has 1 aromatic carbocycles. The number of carbonyl (C=O) groups excluding carboxylic acids is 1. The van der Waals surface area contributed by atoms with Crippen molar-refractivity contribution in [3.63, 3.8) is 0 Å². The molecule has 0 saturated carbocycles. The lowest BCUT2D eigenvalue weighted by Crippen LogP contribution is -2.30. The molecule has 0 spiro atoms. The van der Waals surface area contributed by atoms with Crippen LogP contribution in [-0.2, 0) is 4.74 Å². The van der Waals surface area contributed by atoms with E-state index < -0.39 is 0 Å². The summed E-state index contributed by atoms with van der Waals surface area (Å²) in [7, 11) is 0. The Balaban J connectivity index is 2.05. The Bertz CT molecular complexity index is 536. The summed E-state index contributed by atoms with van der Waals surface area (Å²) in [6.07, 6.45) is 1.00. The molecule has 4 nitrogen and oxygen atoms in total. The molecule has 0 bridgehead atoms.